The fourth-order valence-electron chi connectivity index (χ4n) is 2.86. The lowest BCUT2D eigenvalue weighted by Gasteiger charge is -2.13. The molecule has 10 heteroatoms. The Morgan fingerprint density at radius 1 is 1.12 bits per heavy atom. The standard InChI is InChI=1S/C22H20ClFN2O5S/c1-3-30-17-11-18(31-4-2)16(23)9-13(17)10-19-21(28)26(22(29)32-19)12-20(27)25-15-7-5-14(24)6-8-15/h5-11H,3-4,12H2,1-2H3,(H,25,27)/b19-10-. The van der Waals surface area contributed by atoms with Crippen LogP contribution in [0.3, 0.4) is 0 Å². The molecule has 1 aliphatic heterocycles. The van der Waals surface area contributed by atoms with E-state index in [1.165, 1.54) is 30.3 Å². The number of hydrogen-bond acceptors (Lipinski definition) is 6. The first-order chi connectivity index (χ1) is 15.3. The summed E-state index contributed by atoms with van der Waals surface area (Å²) >= 11 is 6.97. The Balaban J connectivity index is 1.78. The third-order valence-corrected chi connectivity index (χ3v) is 5.46. The summed E-state index contributed by atoms with van der Waals surface area (Å²) in [4.78, 5) is 38.4. The second kappa shape index (κ2) is 10.5. The zero-order valence-corrected chi connectivity index (χ0v) is 18.9. The average molecular weight is 479 g/mol. The predicted octanol–water partition coefficient (Wildman–Crippen LogP) is 4.95. The van der Waals surface area contributed by atoms with Gasteiger partial charge in [-0.2, -0.15) is 0 Å². The van der Waals surface area contributed by atoms with E-state index in [1.807, 2.05) is 13.8 Å². The van der Waals surface area contributed by atoms with Crippen molar-refractivity contribution in [2.75, 3.05) is 25.1 Å². The van der Waals surface area contributed by atoms with Crippen LogP contribution in [0, 0.1) is 5.82 Å². The van der Waals surface area contributed by atoms with Crippen LogP contribution in [0.25, 0.3) is 6.08 Å². The quantitative estimate of drug-likeness (QED) is 0.540. The van der Waals surface area contributed by atoms with Gasteiger partial charge < -0.3 is 14.8 Å². The Morgan fingerprint density at radius 3 is 2.44 bits per heavy atom. The fourth-order valence-corrected chi connectivity index (χ4v) is 3.92. The molecule has 7 nitrogen and oxygen atoms in total. The van der Waals surface area contributed by atoms with Gasteiger partial charge in [-0.1, -0.05) is 11.6 Å². The highest BCUT2D eigenvalue weighted by Crippen LogP contribution is 2.38. The highest BCUT2D eigenvalue weighted by atomic mass is 35.5. The SMILES string of the molecule is CCOc1cc(OCC)c(/C=C2\SC(=O)N(CC(=O)Nc3ccc(F)cc3)C2=O)cc1Cl. The molecule has 0 unspecified atom stereocenters. The van der Waals surface area contributed by atoms with E-state index in [1.54, 1.807) is 12.1 Å². The molecule has 0 radical (unpaired) electrons. The van der Waals surface area contributed by atoms with Gasteiger partial charge in [0.25, 0.3) is 11.1 Å². The van der Waals surface area contributed by atoms with Crippen molar-refractivity contribution < 1.29 is 28.2 Å². The molecule has 1 heterocycles. The van der Waals surface area contributed by atoms with Gasteiger partial charge >= 0.3 is 0 Å². The molecule has 1 aliphatic rings. The molecule has 0 spiro atoms. The van der Waals surface area contributed by atoms with E-state index in [4.69, 9.17) is 21.1 Å². The summed E-state index contributed by atoms with van der Waals surface area (Å²) in [5.41, 5.74) is 0.853. The van der Waals surface area contributed by atoms with Crippen LogP contribution in [0.5, 0.6) is 11.5 Å². The Hall–Kier alpha value is -3.04. The van der Waals surface area contributed by atoms with Crippen LogP contribution in [-0.2, 0) is 9.59 Å². The summed E-state index contributed by atoms with van der Waals surface area (Å²) in [7, 11) is 0. The van der Waals surface area contributed by atoms with Crippen molar-refractivity contribution >= 4 is 52.2 Å². The molecular weight excluding hydrogens is 459 g/mol. The maximum atomic E-state index is 13.0. The zero-order chi connectivity index (χ0) is 23.3. The van der Waals surface area contributed by atoms with E-state index in [9.17, 15) is 18.8 Å². The van der Waals surface area contributed by atoms with Crippen LogP contribution >= 0.6 is 23.4 Å². The third kappa shape index (κ3) is 5.60. The monoisotopic (exact) mass is 478 g/mol. The minimum atomic E-state index is -0.610. The number of anilines is 1. The molecule has 2 aromatic rings. The van der Waals surface area contributed by atoms with Gasteiger partial charge in [-0.3, -0.25) is 19.3 Å². The lowest BCUT2D eigenvalue weighted by Crippen LogP contribution is -2.36. The zero-order valence-electron chi connectivity index (χ0n) is 17.3. The van der Waals surface area contributed by atoms with Gasteiger partial charge in [0.05, 0.1) is 23.1 Å². The van der Waals surface area contributed by atoms with E-state index in [-0.39, 0.29) is 4.91 Å². The highest BCUT2D eigenvalue weighted by Gasteiger charge is 2.36. The number of amides is 3. The van der Waals surface area contributed by atoms with Gasteiger partial charge in [0, 0.05) is 17.3 Å². The molecule has 3 amide bonds. The minimum absolute atomic E-state index is 0.130. The average Bonchev–Trinajstić information content (AvgIpc) is 3.00. The van der Waals surface area contributed by atoms with Crippen molar-refractivity contribution in [2.45, 2.75) is 13.8 Å². The topological polar surface area (TPSA) is 84.9 Å². The lowest BCUT2D eigenvalue weighted by atomic mass is 10.1. The van der Waals surface area contributed by atoms with Gasteiger partial charge in [0.15, 0.2) is 0 Å². The van der Waals surface area contributed by atoms with Crippen LogP contribution in [-0.4, -0.2) is 41.7 Å². The number of halogens is 2. The molecule has 168 valence electrons. The first-order valence-electron chi connectivity index (χ1n) is 9.72. The summed E-state index contributed by atoms with van der Waals surface area (Å²) < 4.78 is 24.1. The van der Waals surface area contributed by atoms with Crippen LogP contribution in [0.15, 0.2) is 41.3 Å². The summed E-state index contributed by atoms with van der Waals surface area (Å²) in [5.74, 6) is -0.748. The Kier molecular flexibility index (Phi) is 7.76. The molecular formula is C22H20ClFN2O5S. The van der Waals surface area contributed by atoms with E-state index in [0.717, 1.165) is 4.90 Å². The minimum Gasteiger partial charge on any atom is -0.493 e. The normalized spacial score (nSPS) is 14.8. The van der Waals surface area contributed by atoms with E-state index in [2.05, 4.69) is 5.32 Å². The molecule has 0 aliphatic carbocycles. The van der Waals surface area contributed by atoms with Crippen LogP contribution in [0.4, 0.5) is 14.9 Å². The van der Waals surface area contributed by atoms with E-state index in [0.29, 0.717) is 52.7 Å². The first kappa shape index (κ1) is 23.6. The van der Waals surface area contributed by atoms with Crippen molar-refractivity contribution in [3.63, 3.8) is 0 Å². The molecule has 0 atom stereocenters. The van der Waals surface area contributed by atoms with Gasteiger partial charge in [0.1, 0.15) is 23.9 Å². The van der Waals surface area contributed by atoms with Crippen molar-refractivity contribution in [3.8, 4) is 11.5 Å². The number of thioether (sulfide) groups is 1. The molecule has 32 heavy (non-hydrogen) atoms. The summed E-state index contributed by atoms with van der Waals surface area (Å²) in [6, 6.07) is 8.36. The van der Waals surface area contributed by atoms with Crippen LogP contribution in [0.2, 0.25) is 5.02 Å². The number of imide groups is 1. The number of carbonyl (C=O) groups is 3. The first-order valence-corrected chi connectivity index (χ1v) is 10.9. The summed E-state index contributed by atoms with van der Waals surface area (Å²) in [5, 5.41) is 2.28. The second-order valence-electron chi connectivity index (χ2n) is 6.51. The van der Waals surface area contributed by atoms with Crippen LogP contribution in [0.1, 0.15) is 19.4 Å². The van der Waals surface area contributed by atoms with Crippen molar-refractivity contribution in [3.05, 3.63) is 57.7 Å². The van der Waals surface area contributed by atoms with Crippen molar-refractivity contribution in [1.82, 2.24) is 4.90 Å². The van der Waals surface area contributed by atoms with E-state index >= 15 is 0 Å². The molecule has 2 aromatic carbocycles. The molecule has 0 saturated carbocycles. The van der Waals surface area contributed by atoms with Gasteiger partial charge in [-0.15, -0.1) is 0 Å². The molecule has 1 saturated heterocycles. The van der Waals surface area contributed by atoms with Gasteiger partial charge in [-0.05, 0) is 62.0 Å². The number of rotatable bonds is 8. The van der Waals surface area contributed by atoms with Crippen molar-refractivity contribution in [2.24, 2.45) is 0 Å². The van der Waals surface area contributed by atoms with Crippen LogP contribution < -0.4 is 14.8 Å². The largest absolute Gasteiger partial charge is 0.493 e. The number of nitrogens with zero attached hydrogens (tertiary/aromatic N) is 1. The molecule has 1 fully saturated rings. The van der Waals surface area contributed by atoms with E-state index < -0.39 is 29.4 Å². The predicted molar refractivity (Wildman–Crippen MR) is 121 cm³/mol. The smallest absolute Gasteiger partial charge is 0.294 e. The highest BCUT2D eigenvalue weighted by molar-refractivity contribution is 8.18. The van der Waals surface area contributed by atoms with Gasteiger partial charge in [-0.25, -0.2) is 4.39 Å². The molecule has 0 bridgehead atoms. The second-order valence-corrected chi connectivity index (χ2v) is 7.91. The third-order valence-electron chi connectivity index (χ3n) is 4.25. The maximum Gasteiger partial charge on any atom is 0.294 e. The molecule has 1 N–H and O–H groups in total. The Labute approximate surface area is 193 Å². The fraction of sp³-hybridized carbons (Fsp3) is 0.227. The summed E-state index contributed by atoms with van der Waals surface area (Å²) in [6.07, 6.45) is 1.50. The number of nitrogens with one attached hydrogen (secondary N) is 1. The van der Waals surface area contributed by atoms with Gasteiger partial charge in [0.2, 0.25) is 5.91 Å². The number of benzene rings is 2. The maximum absolute atomic E-state index is 13.0. The summed E-state index contributed by atoms with van der Waals surface area (Å²) in [6.45, 7) is 3.96. The Bertz CT molecular complexity index is 1070. The number of carbonyl (C=O) groups excluding carboxylic acids is 3. The van der Waals surface area contributed by atoms with Crippen molar-refractivity contribution in [1.29, 1.82) is 0 Å². The lowest BCUT2D eigenvalue weighted by molar-refractivity contribution is -0.127. The molecule has 0 aromatic heterocycles. The molecule has 3 rings (SSSR count). The Morgan fingerprint density at radius 2 is 1.78 bits per heavy atom. The number of ether oxygens (including phenoxy) is 2. The number of hydrogen-bond donors (Lipinski definition) is 1.